The molecule has 0 N–H and O–H groups in total. The van der Waals surface area contributed by atoms with E-state index in [0.29, 0.717) is 9.14 Å². The summed E-state index contributed by atoms with van der Waals surface area (Å²) < 4.78 is 0.631. The summed E-state index contributed by atoms with van der Waals surface area (Å²) in [5, 5.41) is 10.8. The number of Topliss-reactive ketones (excluding diaryl/α,β-unsaturated/α-hetero) is 1. The van der Waals surface area contributed by atoms with Crippen LogP contribution in [0.5, 0.6) is 0 Å². The fraction of sp³-hybridized carbons (Fsp3) is 0.214. The molecule has 0 fully saturated rings. The Balaban J connectivity index is 2.68. The van der Waals surface area contributed by atoms with Gasteiger partial charge in [0.2, 0.25) is 5.78 Å². The second kappa shape index (κ2) is 4.88. The third-order valence-corrected chi connectivity index (χ3v) is 4.30. The Morgan fingerprint density at radius 1 is 1.21 bits per heavy atom. The van der Waals surface area contributed by atoms with Crippen LogP contribution in [0.3, 0.4) is 0 Å². The summed E-state index contributed by atoms with van der Waals surface area (Å²) in [5.74, 6) is -0.130. The van der Waals surface area contributed by atoms with Crippen LogP contribution in [0.4, 0.5) is 5.69 Å². The van der Waals surface area contributed by atoms with E-state index < -0.39 is 4.92 Å². The second-order valence-corrected chi connectivity index (χ2v) is 5.71. The Hall–Kier alpha value is -1.50. The van der Waals surface area contributed by atoms with Crippen LogP contribution in [0.15, 0.2) is 32.9 Å². The fourth-order valence-corrected chi connectivity index (χ4v) is 3.00. The van der Waals surface area contributed by atoms with E-state index in [0.717, 1.165) is 22.3 Å². The monoisotopic (exact) mass is 369 g/mol. The molecule has 0 bridgehead atoms. The number of hydrogen-bond donors (Lipinski definition) is 0. The quantitative estimate of drug-likeness (QED) is 0.444. The number of non-ortho nitro benzene ring substituents is 1. The van der Waals surface area contributed by atoms with Crippen LogP contribution in [0.2, 0.25) is 0 Å². The van der Waals surface area contributed by atoms with E-state index in [4.69, 9.17) is 0 Å². The number of ketones is 1. The molecule has 0 radical (unpaired) electrons. The molecule has 2 rings (SSSR count). The zero-order chi connectivity index (χ0) is 14.3. The molecule has 0 aromatic heterocycles. The normalized spacial score (nSPS) is 13.6. The number of carbonyl (C=O) groups is 1. The SMILES string of the molecule is CC(C)=C(C)C1=C(I)C(=O)c2cc([N+](=O)[O-])ccc21. The van der Waals surface area contributed by atoms with Gasteiger partial charge in [0.25, 0.3) is 5.69 Å². The molecule has 1 aliphatic rings. The molecule has 4 nitrogen and oxygen atoms in total. The molecule has 0 spiro atoms. The maximum atomic E-state index is 12.2. The highest BCUT2D eigenvalue weighted by Crippen LogP contribution is 2.42. The van der Waals surface area contributed by atoms with Crippen LogP contribution >= 0.6 is 22.6 Å². The zero-order valence-corrected chi connectivity index (χ0v) is 12.9. The molecule has 0 amide bonds. The maximum absolute atomic E-state index is 12.2. The number of rotatable bonds is 2. The minimum absolute atomic E-state index is 0.0487. The number of fused-ring (bicyclic) bond motifs is 1. The Kier molecular flexibility index (Phi) is 3.58. The van der Waals surface area contributed by atoms with Crippen molar-refractivity contribution in [2.45, 2.75) is 20.8 Å². The Morgan fingerprint density at radius 3 is 2.37 bits per heavy atom. The molecule has 0 heterocycles. The van der Waals surface area contributed by atoms with E-state index in [1.165, 1.54) is 12.1 Å². The zero-order valence-electron chi connectivity index (χ0n) is 10.8. The van der Waals surface area contributed by atoms with E-state index in [2.05, 4.69) is 0 Å². The van der Waals surface area contributed by atoms with Crippen LogP contribution in [-0.4, -0.2) is 10.7 Å². The first-order chi connectivity index (χ1) is 8.84. The number of nitro benzene ring substituents is 1. The summed E-state index contributed by atoms with van der Waals surface area (Å²) in [6.07, 6.45) is 0. The summed E-state index contributed by atoms with van der Waals surface area (Å²) in [5.41, 5.74) is 4.24. The lowest BCUT2D eigenvalue weighted by molar-refractivity contribution is -0.384. The number of nitro groups is 1. The Morgan fingerprint density at radius 2 is 1.84 bits per heavy atom. The molecule has 5 heteroatoms. The van der Waals surface area contributed by atoms with Gasteiger partial charge in [0.15, 0.2) is 0 Å². The van der Waals surface area contributed by atoms with E-state index in [1.54, 1.807) is 6.07 Å². The molecule has 19 heavy (non-hydrogen) atoms. The van der Waals surface area contributed by atoms with E-state index in [9.17, 15) is 14.9 Å². The van der Waals surface area contributed by atoms with Crippen molar-refractivity contribution in [2.75, 3.05) is 0 Å². The van der Waals surface area contributed by atoms with Crippen molar-refractivity contribution in [3.8, 4) is 0 Å². The number of carbonyl (C=O) groups excluding carboxylic acids is 1. The van der Waals surface area contributed by atoms with E-state index in [-0.39, 0.29) is 11.5 Å². The first kappa shape index (κ1) is 13.9. The third-order valence-electron chi connectivity index (χ3n) is 3.27. The van der Waals surface area contributed by atoms with Crippen LogP contribution in [0.1, 0.15) is 36.7 Å². The molecule has 98 valence electrons. The topological polar surface area (TPSA) is 60.2 Å². The first-order valence-electron chi connectivity index (χ1n) is 5.72. The molecule has 0 atom stereocenters. The van der Waals surface area contributed by atoms with Crippen molar-refractivity contribution >= 4 is 39.6 Å². The molecular weight excluding hydrogens is 357 g/mol. The van der Waals surface area contributed by atoms with Gasteiger partial charge in [0, 0.05) is 23.3 Å². The first-order valence-corrected chi connectivity index (χ1v) is 6.80. The van der Waals surface area contributed by atoms with Gasteiger partial charge in [-0.2, -0.15) is 0 Å². The second-order valence-electron chi connectivity index (χ2n) is 4.63. The van der Waals surface area contributed by atoms with Crippen molar-refractivity contribution in [1.82, 2.24) is 0 Å². The van der Waals surface area contributed by atoms with Gasteiger partial charge in [-0.25, -0.2) is 0 Å². The molecule has 1 aliphatic carbocycles. The molecule has 0 unspecified atom stereocenters. The highest BCUT2D eigenvalue weighted by atomic mass is 127. The lowest BCUT2D eigenvalue weighted by Gasteiger charge is -2.08. The van der Waals surface area contributed by atoms with Crippen molar-refractivity contribution in [3.63, 3.8) is 0 Å². The lowest BCUT2D eigenvalue weighted by Crippen LogP contribution is -1.96. The highest BCUT2D eigenvalue weighted by molar-refractivity contribution is 14.1. The van der Waals surface area contributed by atoms with Gasteiger partial charge in [0.05, 0.1) is 8.50 Å². The fourth-order valence-electron chi connectivity index (χ4n) is 2.02. The average Bonchev–Trinajstić information content (AvgIpc) is 2.61. The standard InChI is InChI=1S/C14H12INO3/c1-7(2)8(3)12-10-5-4-9(16(18)19)6-11(10)14(17)13(12)15/h4-6H,1-3H3. The van der Waals surface area contributed by atoms with Gasteiger partial charge in [-0.3, -0.25) is 14.9 Å². The van der Waals surface area contributed by atoms with Crippen LogP contribution in [-0.2, 0) is 0 Å². The van der Waals surface area contributed by atoms with Crippen LogP contribution in [0, 0.1) is 10.1 Å². The number of hydrogen-bond acceptors (Lipinski definition) is 3. The van der Waals surface area contributed by atoms with Gasteiger partial charge in [-0.15, -0.1) is 0 Å². The largest absolute Gasteiger partial charge is 0.288 e. The van der Waals surface area contributed by atoms with Gasteiger partial charge in [-0.1, -0.05) is 5.57 Å². The number of benzene rings is 1. The molecular formula is C14H12INO3. The van der Waals surface area contributed by atoms with Crippen molar-refractivity contribution < 1.29 is 9.72 Å². The van der Waals surface area contributed by atoms with Gasteiger partial charge in [0.1, 0.15) is 0 Å². The van der Waals surface area contributed by atoms with Crippen molar-refractivity contribution in [1.29, 1.82) is 0 Å². The summed E-state index contributed by atoms with van der Waals surface area (Å²) in [4.78, 5) is 22.5. The van der Waals surface area contributed by atoms with E-state index in [1.807, 2.05) is 43.4 Å². The molecule has 1 aromatic rings. The smallest absolute Gasteiger partial charge is 0.270 e. The Bertz CT molecular complexity index is 667. The van der Waals surface area contributed by atoms with Crippen molar-refractivity contribution in [3.05, 3.63) is 54.2 Å². The number of halogens is 1. The summed E-state index contributed by atoms with van der Waals surface area (Å²) in [6.45, 7) is 5.94. The van der Waals surface area contributed by atoms with Gasteiger partial charge in [-0.05, 0) is 60.6 Å². The minimum atomic E-state index is -0.480. The average molecular weight is 369 g/mol. The minimum Gasteiger partial charge on any atom is -0.288 e. The van der Waals surface area contributed by atoms with Crippen LogP contribution in [0.25, 0.3) is 5.57 Å². The number of allylic oxidation sites excluding steroid dienone is 4. The molecule has 0 aliphatic heterocycles. The predicted molar refractivity (Wildman–Crippen MR) is 82.4 cm³/mol. The molecule has 0 saturated heterocycles. The molecule has 1 aromatic carbocycles. The Labute approximate surface area is 124 Å². The lowest BCUT2D eigenvalue weighted by atomic mass is 9.97. The van der Waals surface area contributed by atoms with E-state index >= 15 is 0 Å². The summed E-state index contributed by atoms with van der Waals surface area (Å²) in [7, 11) is 0. The summed E-state index contributed by atoms with van der Waals surface area (Å²) >= 11 is 2.02. The van der Waals surface area contributed by atoms with Gasteiger partial charge < -0.3 is 0 Å². The third kappa shape index (κ3) is 2.22. The van der Waals surface area contributed by atoms with Crippen LogP contribution < -0.4 is 0 Å². The van der Waals surface area contributed by atoms with Crippen molar-refractivity contribution in [2.24, 2.45) is 0 Å². The maximum Gasteiger partial charge on any atom is 0.270 e. The van der Waals surface area contributed by atoms with Gasteiger partial charge >= 0.3 is 0 Å². The summed E-state index contributed by atoms with van der Waals surface area (Å²) in [6, 6.07) is 4.47. The highest BCUT2D eigenvalue weighted by Gasteiger charge is 2.30. The predicted octanol–water partition coefficient (Wildman–Crippen LogP) is 4.29. The number of nitrogens with zero attached hydrogens (tertiary/aromatic N) is 1. The molecule has 0 saturated carbocycles.